The first-order valence-electron chi connectivity index (χ1n) is 10.3. The predicted molar refractivity (Wildman–Crippen MR) is 120 cm³/mol. The molecule has 8 nitrogen and oxygen atoms in total. The van der Waals surface area contributed by atoms with Crippen LogP contribution < -0.4 is 10.6 Å². The molecule has 0 aromatic heterocycles. The zero-order chi connectivity index (χ0) is 23.3. The van der Waals surface area contributed by atoms with E-state index in [1.807, 2.05) is 0 Å². The molecule has 0 saturated carbocycles. The molecule has 0 radical (unpaired) electrons. The Bertz CT molecular complexity index is 1070. The van der Waals surface area contributed by atoms with E-state index in [0.29, 0.717) is 24.5 Å². The number of likely N-dealkylation sites (N-methyl/N-ethyl adjacent to an activating group) is 1. The molecule has 1 aliphatic rings. The highest BCUT2D eigenvalue weighted by molar-refractivity contribution is 7.89. The van der Waals surface area contributed by atoms with Crippen molar-refractivity contribution in [3.63, 3.8) is 0 Å². The fourth-order valence-electron chi connectivity index (χ4n) is 3.36. The largest absolute Gasteiger partial charge is 0.325 e. The molecule has 2 aromatic carbocycles. The average molecular weight is 463 g/mol. The summed E-state index contributed by atoms with van der Waals surface area (Å²) in [4.78, 5) is 26.5. The number of sulfonamides is 1. The summed E-state index contributed by atoms with van der Waals surface area (Å²) in [5, 5.41) is 5.32. The molecule has 1 heterocycles. The molecule has 0 bridgehead atoms. The number of hydrogen-bond acceptors (Lipinski definition) is 5. The van der Waals surface area contributed by atoms with Gasteiger partial charge >= 0.3 is 0 Å². The van der Waals surface area contributed by atoms with Crippen LogP contribution in [0.15, 0.2) is 53.4 Å². The summed E-state index contributed by atoms with van der Waals surface area (Å²) in [6.07, 6.45) is 1.72. The number of amides is 2. The van der Waals surface area contributed by atoms with E-state index < -0.39 is 21.9 Å². The minimum Gasteiger partial charge on any atom is -0.325 e. The van der Waals surface area contributed by atoms with Crippen molar-refractivity contribution in [1.29, 1.82) is 0 Å². The quantitative estimate of drug-likeness (QED) is 0.628. The summed E-state index contributed by atoms with van der Waals surface area (Å²) in [6.45, 7) is 2.63. The van der Waals surface area contributed by atoms with Gasteiger partial charge in [-0.3, -0.25) is 14.5 Å². The number of halogens is 1. The third-order valence-corrected chi connectivity index (χ3v) is 7.28. The molecule has 0 unspecified atom stereocenters. The minimum absolute atomic E-state index is 0.0713. The first-order chi connectivity index (χ1) is 15.2. The topological polar surface area (TPSA) is 98.8 Å². The van der Waals surface area contributed by atoms with Gasteiger partial charge < -0.3 is 10.6 Å². The van der Waals surface area contributed by atoms with Crippen LogP contribution in [0.5, 0.6) is 0 Å². The number of rotatable bonds is 8. The Morgan fingerprint density at radius 3 is 2.34 bits per heavy atom. The van der Waals surface area contributed by atoms with Crippen LogP contribution in [0.25, 0.3) is 0 Å². The van der Waals surface area contributed by atoms with E-state index in [0.717, 1.165) is 12.8 Å². The third kappa shape index (κ3) is 5.90. The van der Waals surface area contributed by atoms with Gasteiger partial charge in [-0.25, -0.2) is 12.8 Å². The molecular weight excluding hydrogens is 435 g/mol. The summed E-state index contributed by atoms with van der Waals surface area (Å²) < 4.78 is 39.9. The second-order valence-corrected chi connectivity index (χ2v) is 9.71. The van der Waals surface area contributed by atoms with Gasteiger partial charge in [0.1, 0.15) is 5.82 Å². The van der Waals surface area contributed by atoms with Gasteiger partial charge in [0, 0.05) is 24.5 Å². The molecule has 1 atom stereocenters. The number of benzene rings is 2. The number of carbonyl (C=O) groups excluding carboxylic acids is 2. The van der Waals surface area contributed by atoms with Gasteiger partial charge in [-0.2, -0.15) is 4.31 Å². The van der Waals surface area contributed by atoms with E-state index in [1.54, 1.807) is 37.1 Å². The number of hydrogen-bond donors (Lipinski definition) is 2. The predicted octanol–water partition coefficient (Wildman–Crippen LogP) is 2.51. The Kier molecular flexibility index (Phi) is 7.60. The van der Waals surface area contributed by atoms with Crippen LogP contribution in [0.3, 0.4) is 0 Å². The molecule has 10 heteroatoms. The van der Waals surface area contributed by atoms with Crippen LogP contribution in [-0.4, -0.2) is 62.2 Å². The number of anilines is 2. The average Bonchev–Trinajstić information content (AvgIpc) is 3.29. The Labute approximate surface area is 187 Å². The molecule has 1 fully saturated rings. The van der Waals surface area contributed by atoms with Gasteiger partial charge in [-0.15, -0.1) is 0 Å². The van der Waals surface area contributed by atoms with Crippen LogP contribution in [0.1, 0.15) is 19.8 Å². The van der Waals surface area contributed by atoms with Crippen molar-refractivity contribution in [3.8, 4) is 0 Å². The monoisotopic (exact) mass is 462 g/mol. The molecule has 2 amide bonds. The van der Waals surface area contributed by atoms with E-state index in [2.05, 4.69) is 10.6 Å². The lowest BCUT2D eigenvalue weighted by atomic mass is 10.2. The maximum Gasteiger partial charge on any atom is 0.243 e. The zero-order valence-corrected chi connectivity index (χ0v) is 18.9. The highest BCUT2D eigenvalue weighted by Gasteiger charge is 2.27. The van der Waals surface area contributed by atoms with E-state index in [1.165, 1.54) is 34.6 Å². The van der Waals surface area contributed by atoms with Gasteiger partial charge in [-0.1, -0.05) is 6.07 Å². The smallest absolute Gasteiger partial charge is 0.243 e. The maximum absolute atomic E-state index is 13.2. The first kappa shape index (κ1) is 23.8. The Morgan fingerprint density at radius 1 is 1.06 bits per heavy atom. The Balaban J connectivity index is 1.54. The van der Waals surface area contributed by atoms with Crippen LogP contribution in [0.4, 0.5) is 15.8 Å². The molecule has 2 N–H and O–H groups in total. The highest BCUT2D eigenvalue weighted by atomic mass is 32.2. The molecule has 3 rings (SSSR count). The van der Waals surface area contributed by atoms with Gasteiger partial charge in [0.05, 0.1) is 17.5 Å². The summed E-state index contributed by atoms with van der Waals surface area (Å²) in [6, 6.07) is 11.0. The van der Waals surface area contributed by atoms with Crippen molar-refractivity contribution in [1.82, 2.24) is 9.21 Å². The molecular formula is C22H27FN4O4S. The molecule has 172 valence electrons. The summed E-state index contributed by atoms with van der Waals surface area (Å²) >= 11 is 0. The van der Waals surface area contributed by atoms with Crippen molar-refractivity contribution in [2.75, 3.05) is 37.3 Å². The fraction of sp³-hybridized carbons (Fsp3) is 0.364. The maximum atomic E-state index is 13.2. The van der Waals surface area contributed by atoms with Gasteiger partial charge in [0.2, 0.25) is 21.8 Å². The van der Waals surface area contributed by atoms with E-state index >= 15 is 0 Å². The second kappa shape index (κ2) is 10.2. The normalized spacial score (nSPS) is 15.5. The van der Waals surface area contributed by atoms with Gasteiger partial charge in [0.15, 0.2) is 0 Å². The molecule has 0 aliphatic carbocycles. The molecule has 32 heavy (non-hydrogen) atoms. The summed E-state index contributed by atoms with van der Waals surface area (Å²) in [7, 11) is -1.89. The number of carbonyl (C=O) groups is 2. The van der Waals surface area contributed by atoms with Crippen molar-refractivity contribution < 1.29 is 22.4 Å². The lowest BCUT2D eigenvalue weighted by molar-refractivity contribution is -0.122. The van der Waals surface area contributed by atoms with Crippen LogP contribution in [0.2, 0.25) is 0 Å². The standard InChI is InChI=1S/C22H27FN4O4S/c1-16(26(2)15-21(28)24-19-7-5-6-17(23)14-19)22(29)25-18-8-10-20(11-9-18)32(30,31)27-12-3-4-13-27/h5-11,14,16H,3-4,12-13,15H2,1-2H3,(H,24,28)(H,25,29)/t16-/m1/s1. The highest BCUT2D eigenvalue weighted by Crippen LogP contribution is 2.22. The van der Waals surface area contributed by atoms with Crippen LogP contribution in [0, 0.1) is 5.82 Å². The number of nitrogens with zero attached hydrogens (tertiary/aromatic N) is 2. The lowest BCUT2D eigenvalue weighted by Crippen LogP contribution is -2.43. The second-order valence-electron chi connectivity index (χ2n) is 7.77. The van der Waals surface area contributed by atoms with Crippen LogP contribution in [-0.2, 0) is 19.6 Å². The summed E-state index contributed by atoms with van der Waals surface area (Å²) in [5.41, 5.74) is 0.796. The van der Waals surface area contributed by atoms with E-state index in [9.17, 15) is 22.4 Å². The molecule has 1 aliphatic heterocycles. The van der Waals surface area contributed by atoms with Gasteiger partial charge in [-0.05, 0) is 69.3 Å². The molecule has 1 saturated heterocycles. The zero-order valence-electron chi connectivity index (χ0n) is 18.0. The summed E-state index contributed by atoms with van der Waals surface area (Å²) in [5.74, 6) is -1.18. The van der Waals surface area contributed by atoms with Crippen LogP contribution >= 0.6 is 0 Å². The van der Waals surface area contributed by atoms with E-state index in [4.69, 9.17) is 0 Å². The SMILES string of the molecule is C[C@H](C(=O)Nc1ccc(S(=O)(=O)N2CCCC2)cc1)N(C)CC(=O)Nc1cccc(F)c1. The van der Waals surface area contributed by atoms with E-state index in [-0.39, 0.29) is 23.3 Å². The van der Waals surface area contributed by atoms with Gasteiger partial charge in [0.25, 0.3) is 0 Å². The van der Waals surface area contributed by atoms with Crippen molar-refractivity contribution in [2.24, 2.45) is 0 Å². The third-order valence-electron chi connectivity index (χ3n) is 5.37. The molecule has 0 spiro atoms. The van der Waals surface area contributed by atoms with Crippen molar-refractivity contribution in [2.45, 2.75) is 30.7 Å². The Hall–Kier alpha value is -2.82. The van der Waals surface area contributed by atoms with Crippen molar-refractivity contribution in [3.05, 3.63) is 54.3 Å². The van der Waals surface area contributed by atoms with Crippen molar-refractivity contribution >= 4 is 33.2 Å². The minimum atomic E-state index is -3.51. The fourth-order valence-corrected chi connectivity index (χ4v) is 4.88. The lowest BCUT2D eigenvalue weighted by Gasteiger charge is -2.23. The Morgan fingerprint density at radius 2 is 1.72 bits per heavy atom. The first-order valence-corrected chi connectivity index (χ1v) is 11.8. The molecule has 2 aromatic rings. The number of nitrogens with one attached hydrogen (secondary N) is 2.